The maximum Gasteiger partial charge on any atom is 0.242 e. The number of hydrogen-bond acceptors (Lipinski definition) is 8. The van der Waals surface area contributed by atoms with Crippen LogP contribution in [0.15, 0.2) is 12.1 Å². The molecule has 5 rings (SSSR count). The van der Waals surface area contributed by atoms with E-state index in [1.54, 1.807) is 11.8 Å². The number of ether oxygens (including phenoxy) is 3. The molecule has 32 heavy (non-hydrogen) atoms. The third kappa shape index (κ3) is 3.50. The van der Waals surface area contributed by atoms with Crippen LogP contribution in [0, 0.1) is 13.8 Å². The van der Waals surface area contributed by atoms with Crippen LogP contribution in [-0.2, 0) is 18.3 Å². The fourth-order valence-electron chi connectivity index (χ4n) is 4.05. The van der Waals surface area contributed by atoms with Gasteiger partial charge in [-0.2, -0.15) is 0 Å². The van der Waals surface area contributed by atoms with E-state index in [0.29, 0.717) is 48.6 Å². The second-order valence-corrected chi connectivity index (χ2v) is 8.69. The highest BCUT2D eigenvalue weighted by Gasteiger charge is 2.19. The smallest absolute Gasteiger partial charge is 0.242 e. The minimum atomic E-state index is -0.0987. The lowest BCUT2D eigenvalue weighted by atomic mass is 10.00. The van der Waals surface area contributed by atoms with E-state index in [1.807, 2.05) is 33.0 Å². The molecule has 0 radical (unpaired) electrons. The summed E-state index contributed by atoms with van der Waals surface area (Å²) in [6.07, 6.45) is 0.876. The molecule has 1 aliphatic heterocycles. The van der Waals surface area contributed by atoms with Crippen LogP contribution in [0.1, 0.15) is 23.2 Å². The van der Waals surface area contributed by atoms with Crippen LogP contribution in [0.4, 0.5) is 5.13 Å². The van der Waals surface area contributed by atoms with Gasteiger partial charge in [0.1, 0.15) is 13.2 Å². The van der Waals surface area contributed by atoms with Crippen LogP contribution in [0.5, 0.6) is 17.4 Å². The van der Waals surface area contributed by atoms with Crippen molar-refractivity contribution in [2.45, 2.75) is 26.7 Å². The second kappa shape index (κ2) is 7.94. The Kier molecular flexibility index (Phi) is 5.09. The highest BCUT2D eigenvalue weighted by molar-refractivity contribution is 7.22. The molecular formula is C22H23N5O4S. The van der Waals surface area contributed by atoms with Crippen molar-refractivity contribution in [1.29, 1.82) is 0 Å². The third-order valence-corrected chi connectivity index (χ3v) is 6.55. The Balaban J connectivity index is 1.33. The molecule has 0 unspecified atom stereocenters. The zero-order chi connectivity index (χ0) is 22.4. The van der Waals surface area contributed by atoms with Gasteiger partial charge in [-0.3, -0.25) is 4.79 Å². The van der Waals surface area contributed by atoms with Crippen LogP contribution >= 0.6 is 11.3 Å². The SMILES string of the molecule is COc1nn(C)c2nc(C)c(CCC(=O)Nc3nc4cc5c(cc4s3)OCCO5)c(C)c12. The minimum absolute atomic E-state index is 0.0987. The van der Waals surface area contributed by atoms with Crippen molar-refractivity contribution in [2.75, 3.05) is 25.6 Å². The fourth-order valence-corrected chi connectivity index (χ4v) is 4.94. The van der Waals surface area contributed by atoms with E-state index in [9.17, 15) is 4.79 Å². The number of fused-ring (bicyclic) bond motifs is 3. The summed E-state index contributed by atoms with van der Waals surface area (Å²) in [4.78, 5) is 21.9. The predicted octanol–water partition coefficient (Wildman–Crippen LogP) is 3.55. The number of amides is 1. The molecule has 1 N–H and O–H groups in total. The molecule has 0 aliphatic carbocycles. The summed E-state index contributed by atoms with van der Waals surface area (Å²) < 4.78 is 19.3. The van der Waals surface area contributed by atoms with Crippen LogP contribution < -0.4 is 19.5 Å². The molecule has 10 heteroatoms. The predicted molar refractivity (Wildman–Crippen MR) is 122 cm³/mol. The number of aromatic nitrogens is 4. The Labute approximate surface area is 188 Å². The van der Waals surface area contributed by atoms with Gasteiger partial charge in [0.25, 0.3) is 0 Å². The van der Waals surface area contributed by atoms with Gasteiger partial charge >= 0.3 is 0 Å². The Morgan fingerprint density at radius 3 is 2.72 bits per heavy atom. The number of anilines is 1. The molecule has 0 saturated carbocycles. The number of nitrogens with one attached hydrogen (secondary N) is 1. The van der Waals surface area contributed by atoms with Gasteiger partial charge in [0, 0.05) is 31.3 Å². The molecule has 1 amide bonds. The number of aryl methyl sites for hydroxylation is 3. The first kappa shape index (κ1) is 20.5. The quantitative estimate of drug-likeness (QED) is 0.493. The van der Waals surface area contributed by atoms with Gasteiger partial charge in [-0.05, 0) is 31.4 Å². The maximum absolute atomic E-state index is 12.7. The molecule has 0 atom stereocenters. The molecular weight excluding hydrogens is 430 g/mol. The number of carbonyl (C=O) groups excluding carboxylic acids is 1. The molecule has 1 aliphatic rings. The van der Waals surface area contributed by atoms with Crippen molar-refractivity contribution < 1.29 is 19.0 Å². The largest absolute Gasteiger partial charge is 0.486 e. The summed E-state index contributed by atoms with van der Waals surface area (Å²) in [5.74, 6) is 1.85. The lowest BCUT2D eigenvalue weighted by Crippen LogP contribution is -2.15. The molecule has 166 valence electrons. The van der Waals surface area contributed by atoms with Crippen LogP contribution in [0.3, 0.4) is 0 Å². The molecule has 0 bridgehead atoms. The van der Waals surface area contributed by atoms with Crippen molar-refractivity contribution in [3.8, 4) is 17.4 Å². The minimum Gasteiger partial charge on any atom is -0.486 e. The van der Waals surface area contributed by atoms with Gasteiger partial charge in [-0.15, -0.1) is 5.10 Å². The maximum atomic E-state index is 12.7. The lowest BCUT2D eigenvalue weighted by molar-refractivity contribution is -0.116. The molecule has 0 spiro atoms. The average molecular weight is 454 g/mol. The number of methoxy groups -OCH3 is 1. The van der Waals surface area contributed by atoms with E-state index in [4.69, 9.17) is 14.2 Å². The Hall–Kier alpha value is -3.40. The van der Waals surface area contributed by atoms with Crippen molar-refractivity contribution in [1.82, 2.24) is 19.7 Å². The number of rotatable bonds is 5. The fraction of sp³-hybridized carbons (Fsp3) is 0.364. The van der Waals surface area contributed by atoms with E-state index in [2.05, 4.69) is 20.4 Å². The van der Waals surface area contributed by atoms with E-state index in [1.165, 1.54) is 11.3 Å². The molecule has 4 aromatic rings. The Bertz CT molecular complexity index is 1320. The number of carbonyl (C=O) groups is 1. The summed E-state index contributed by atoms with van der Waals surface area (Å²) in [5, 5.41) is 8.74. The number of hydrogen-bond donors (Lipinski definition) is 1. The van der Waals surface area contributed by atoms with Crippen molar-refractivity contribution >= 4 is 43.6 Å². The van der Waals surface area contributed by atoms with Crippen LogP contribution in [0.2, 0.25) is 0 Å². The summed E-state index contributed by atoms with van der Waals surface area (Å²) in [5.41, 5.74) is 4.51. The summed E-state index contributed by atoms with van der Waals surface area (Å²) in [6, 6.07) is 3.76. The van der Waals surface area contributed by atoms with Gasteiger partial charge in [0.15, 0.2) is 22.3 Å². The number of nitrogens with zero attached hydrogens (tertiary/aromatic N) is 4. The zero-order valence-electron chi connectivity index (χ0n) is 18.3. The third-order valence-electron chi connectivity index (χ3n) is 5.62. The van der Waals surface area contributed by atoms with Crippen LogP contribution in [-0.4, -0.2) is 46.0 Å². The summed E-state index contributed by atoms with van der Waals surface area (Å²) in [7, 11) is 3.44. The standard InChI is InChI=1S/C22H23N5O4S/c1-11-13(12(2)23-20-19(11)21(29-4)26-27(20)3)5-6-18(28)25-22-24-14-9-15-16(10-17(14)32-22)31-8-7-30-15/h9-10H,5-8H2,1-4H3,(H,24,25,28). The van der Waals surface area contributed by atoms with Crippen LogP contribution in [0.25, 0.3) is 21.3 Å². The normalized spacial score (nSPS) is 13.0. The van der Waals surface area contributed by atoms with Crippen molar-refractivity contribution in [2.24, 2.45) is 7.05 Å². The van der Waals surface area contributed by atoms with E-state index < -0.39 is 0 Å². The first-order chi connectivity index (χ1) is 15.4. The molecule has 4 heterocycles. The lowest BCUT2D eigenvalue weighted by Gasteiger charge is -2.17. The van der Waals surface area contributed by atoms with E-state index in [0.717, 1.165) is 38.1 Å². The topological polar surface area (TPSA) is 100 Å². The van der Waals surface area contributed by atoms with Gasteiger partial charge in [-0.1, -0.05) is 11.3 Å². The number of thiazole rings is 1. The van der Waals surface area contributed by atoms with Crippen molar-refractivity contribution in [3.63, 3.8) is 0 Å². The molecule has 1 aromatic carbocycles. The van der Waals surface area contributed by atoms with E-state index >= 15 is 0 Å². The highest BCUT2D eigenvalue weighted by atomic mass is 32.1. The first-order valence-electron chi connectivity index (χ1n) is 10.3. The average Bonchev–Trinajstić information content (AvgIpc) is 3.31. The summed E-state index contributed by atoms with van der Waals surface area (Å²) >= 11 is 1.42. The van der Waals surface area contributed by atoms with Gasteiger partial charge in [0.2, 0.25) is 11.8 Å². The Morgan fingerprint density at radius 1 is 1.22 bits per heavy atom. The first-order valence-corrected chi connectivity index (χ1v) is 11.1. The Morgan fingerprint density at radius 2 is 1.97 bits per heavy atom. The van der Waals surface area contributed by atoms with Crippen molar-refractivity contribution in [3.05, 3.63) is 29.0 Å². The van der Waals surface area contributed by atoms with E-state index in [-0.39, 0.29) is 5.91 Å². The molecule has 0 fully saturated rings. The molecule has 0 saturated heterocycles. The van der Waals surface area contributed by atoms with Gasteiger partial charge in [-0.25, -0.2) is 14.6 Å². The van der Waals surface area contributed by atoms with Gasteiger partial charge < -0.3 is 19.5 Å². The number of pyridine rings is 1. The highest BCUT2D eigenvalue weighted by Crippen LogP contribution is 2.38. The van der Waals surface area contributed by atoms with Gasteiger partial charge in [0.05, 0.1) is 22.7 Å². The monoisotopic (exact) mass is 453 g/mol. The summed E-state index contributed by atoms with van der Waals surface area (Å²) in [6.45, 7) is 5.04. The molecule has 9 nitrogen and oxygen atoms in total. The zero-order valence-corrected chi connectivity index (χ0v) is 19.1. The number of benzene rings is 1. The second-order valence-electron chi connectivity index (χ2n) is 7.66. The molecule has 3 aromatic heterocycles.